The molecule has 0 spiro atoms. The summed E-state index contributed by atoms with van der Waals surface area (Å²) >= 11 is 0. The van der Waals surface area contributed by atoms with E-state index in [4.69, 9.17) is 19.4 Å². The Morgan fingerprint density at radius 3 is 2.61 bits per heavy atom. The van der Waals surface area contributed by atoms with Crippen LogP contribution in [0.1, 0.15) is 24.1 Å². The third-order valence-electron chi connectivity index (χ3n) is 6.06. The second kappa shape index (κ2) is 8.41. The molecule has 31 heavy (non-hydrogen) atoms. The molecular weight excluding hydrogens is 390 g/mol. The SMILES string of the molecule is COc1cc(OC)cc(N2CCC(Nc3nc(-c4ccccn4)nc4c3CCC4)C2)c1. The van der Waals surface area contributed by atoms with E-state index in [0.29, 0.717) is 11.9 Å². The number of nitrogens with zero attached hydrogens (tertiary/aromatic N) is 4. The van der Waals surface area contributed by atoms with E-state index in [2.05, 4.69) is 27.3 Å². The molecule has 160 valence electrons. The van der Waals surface area contributed by atoms with Gasteiger partial charge in [0.05, 0.1) is 14.2 Å². The highest BCUT2D eigenvalue weighted by Crippen LogP contribution is 2.33. The van der Waals surface area contributed by atoms with Crippen molar-refractivity contribution in [1.82, 2.24) is 15.0 Å². The fourth-order valence-corrected chi connectivity index (χ4v) is 4.44. The van der Waals surface area contributed by atoms with Crippen LogP contribution in [0.4, 0.5) is 11.5 Å². The van der Waals surface area contributed by atoms with Crippen LogP contribution in [0.15, 0.2) is 42.6 Å². The number of benzene rings is 1. The van der Waals surface area contributed by atoms with Crippen molar-refractivity contribution < 1.29 is 9.47 Å². The van der Waals surface area contributed by atoms with E-state index in [1.54, 1.807) is 20.4 Å². The minimum absolute atomic E-state index is 0.313. The van der Waals surface area contributed by atoms with Gasteiger partial charge >= 0.3 is 0 Å². The van der Waals surface area contributed by atoms with Crippen LogP contribution < -0.4 is 19.7 Å². The highest BCUT2D eigenvalue weighted by molar-refractivity contribution is 5.60. The van der Waals surface area contributed by atoms with Crippen LogP contribution in [0.25, 0.3) is 11.5 Å². The molecule has 0 amide bonds. The van der Waals surface area contributed by atoms with Crippen LogP contribution in [0, 0.1) is 0 Å². The Morgan fingerprint density at radius 2 is 1.87 bits per heavy atom. The molecule has 2 aromatic heterocycles. The lowest BCUT2D eigenvalue weighted by molar-refractivity contribution is 0.394. The highest BCUT2D eigenvalue weighted by Gasteiger charge is 2.27. The standard InChI is InChI=1S/C24H27N5O2/c1-30-18-12-17(13-19(14-18)31-2)29-11-9-16(15-29)26-23-20-6-5-8-21(20)27-24(28-23)22-7-3-4-10-25-22/h3-4,7,10,12-14,16H,5-6,8-9,11,15H2,1-2H3,(H,26,27,28). The molecule has 0 saturated carbocycles. The maximum atomic E-state index is 5.44. The average molecular weight is 418 g/mol. The molecule has 0 radical (unpaired) electrons. The monoisotopic (exact) mass is 417 g/mol. The van der Waals surface area contributed by atoms with Crippen molar-refractivity contribution >= 4 is 11.5 Å². The summed E-state index contributed by atoms with van der Waals surface area (Å²) in [6.45, 7) is 1.86. The summed E-state index contributed by atoms with van der Waals surface area (Å²) in [6, 6.07) is 12.2. The van der Waals surface area contributed by atoms with Crippen molar-refractivity contribution in [3.05, 3.63) is 53.9 Å². The summed E-state index contributed by atoms with van der Waals surface area (Å²) in [7, 11) is 3.36. The van der Waals surface area contributed by atoms with Gasteiger partial charge in [0.2, 0.25) is 0 Å². The van der Waals surface area contributed by atoms with Crippen molar-refractivity contribution in [2.45, 2.75) is 31.7 Å². The van der Waals surface area contributed by atoms with Crippen LogP contribution in [0.2, 0.25) is 0 Å². The molecule has 1 aromatic carbocycles. The van der Waals surface area contributed by atoms with Crippen LogP contribution in [0.5, 0.6) is 11.5 Å². The van der Waals surface area contributed by atoms with E-state index in [1.807, 2.05) is 24.3 Å². The lowest BCUT2D eigenvalue weighted by atomic mass is 10.2. The fraction of sp³-hybridized carbons (Fsp3) is 0.375. The van der Waals surface area contributed by atoms with Crippen LogP contribution in [-0.2, 0) is 12.8 Å². The summed E-state index contributed by atoms with van der Waals surface area (Å²) in [6.07, 6.45) is 5.99. The lowest BCUT2D eigenvalue weighted by Crippen LogP contribution is -2.27. The maximum absolute atomic E-state index is 5.44. The van der Waals surface area contributed by atoms with Crippen molar-refractivity contribution in [2.75, 3.05) is 37.5 Å². The second-order valence-corrected chi connectivity index (χ2v) is 8.04. The first-order valence-corrected chi connectivity index (χ1v) is 10.8. The third-order valence-corrected chi connectivity index (χ3v) is 6.06. The Balaban J connectivity index is 1.37. The molecule has 1 fully saturated rings. The highest BCUT2D eigenvalue weighted by atomic mass is 16.5. The zero-order chi connectivity index (χ0) is 21.2. The molecule has 0 bridgehead atoms. The minimum Gasteiger partial charge on any atom is -0.497 e. The number of hydrogen-bond donors (Lipinski definition) is 1. The summed E-state index contributed by atoms with van der Waals surface area (Å²) in [4.78, 5) is 16.5. The van der Waals surface area contributed by atoms with Gasteiger partial charge in [-0.2, -0.15) is 0 Å². The first-order valence-electron chi connectivity index (χ1n) is 10.8. The van der Waals surface area contributed by atoms with Crippen molar-refractivity contribution in [2.24, 2.45) is 0 Å². The third kappa shape index (κ3) is 4.00. The van der Waals surface area contributed by atoms with Gasteiger partial charge in [0.1, 0.15) is 23.0 Å². The summed E-state index contributed by atoms with van der Waals surface area (Å²) < 4.78 is 10.9. The maximum Gasteiger partial charge on any atom is 0.180 e. The predicted octanol–water partition coefficient (Wildman–Crippen LogP) is 3.74. The molecule has 2 aliphatic rings. The predicted molar refractivity (Wildman–Crippen MR) is 121 cm³/mol. The zero-order valence-corrected chi connectivity index (χ0v) is 18.0. The van der Waals surface area contributed by atoms with Gasteiger partial charge in [0.25, 0.3) is 0 Å². The van der Waals surface area contributed by atoms with E-state index in [-0.39, 0.29) is 0 Å². The molecule has 3 heterocycles. The number of rotatable bonds is 6. The van der Waals surface area contributed by atoms with Crippen molar-refractivity contribution in [3.63, 3.8) is 0 Å². The smallest absolute Gasteiger partial charge is 0.180 e. The summed E-state index contributed by atoms with van der Waals surface area (Å²) in [5.41, 5.74) is 4.35. The number of fused-ring (bicyclic) bond motifs is 1. The van der Waals surface area contributed by atoms with E-state index >= 15 is 0 Å². The van der Waals surface area contributed by atoms with E-state index in [1.165, 1.54) is 5.56 Å². The van der Waals surface area contributed by atoms with Gasteiger partial charge in [0, 0.05) is 60.5 Å². The Kier molecular flexibility index (Phi) is 5.32. The van der Waals surface area contributed by atoms with Gasteiger partial charge in [-0.25, -0.2) is 9.97 Å². The fourth-order valence-electron chi connectivity index (χ4n) is 4.44. The lowest BCUT2D eigenvalue weighted by Gasteiger charge is -2.21. The minimum atomic E-state index is 0.313. The van der Waals surface area contributed by atoms with Crippen LogP contribution in [-0.4, -0.2) is 48.3 Å². The largest absolute Gasteiger partial charge is 0.497 e. The topological polar surface area (TPSA) is 72.4 Å². The van der Waals surface area contributed by atoms with Gasteiger partial charge in [-0.15, -0.1) is 0 Å². The van der Waals surface area contributed by atoms with Crippen LogP contribution in [0.3, 0.4) is 0 Å². The van der Waals surface area contributed by atoms with Gasteiger partial charge in [0.15, 0.2) is 5.82 Å². The number of aromatic nitrogens is 3. The molecule has 1 unspecified atom stereocenters. The first-order chi connectivity index (χ1) is 15.2. The van der Waals surface area contributed by atoms with Crippen molar-refractivity contribution in [3.8, 4) is 23.0 Å². The average Bonchev–Trinajstić information content (AvgIpc) is 3.49. The Labute approximate surface area is 182 Å². The second-order valence-electron chi connectivity index (χ2n) is 8.04. The molecule has 1 aliphatic heterocycles. The van der Waals surface area contributed by atoms with Gasteiger partial charge < -0.3 is 19.7 Å². The number of anilines is 2. The van der Waals surface area contributed by atoms with Crippen LogP contribution >= 0.6 is 0 Å². The number of methoxy groups -OCH3 is 2. The zero-order valence-electron chi connectivity index (χ0n) is 18.0. The number of hydrogen-bond acceptors (Lipinski definition) is 7. The van der Waals surface area contributed by atoms with E-state index in [0.717, 1.165) is 73.2 Å². The molecular formula is C24H27N5O2. The molecule has 1 aliphatic carbocycles. The molecule has 7 heteroatoms. The summed E-state index contributed by atoms with van der Waals surface area (Å²) in [5.74, 6) is 3.29. The molecule has 7 nitrogen and oxygen atoms in total. The Hall–Kier alpha value is -3.35. The van der Waals surface area contributed by atoms with Gasteiger partial charge in [-0.1, -0.05) is 6.07 Å². The van der Waals surface area contributed by atoms with E-state index in [9.17, 15) is 0 Å². The van der Waals surface area contributed by atoms with Gasteiger partial charge in [-0.3, -0.25) is 4.98 Å². The normalized spacial score (nSPS) is 17.5. The Bertz CT molecular complexity index is 1050. The van der Waals surface area contributed by atoms with Gasteiger partial charge in [-0.05, 0) is 37.8 Å². The number of nitrogens with one attached hydrogen (secondary N) is 1. The number of aryl methyl sites for hydroxylation is 1. The summed E-state index contributed by atoms with van der Waals surface area (Å²) in [5, 5.41) is 3.73. The molecule has 3 aromatic rings. The van der Waals surface area contributed by atoms with E-state index < -0.39 is 0 Å². The Morgan fingerprint density at radius 1 is 1.03 bits per heavy atom. The number of pyridine rings is 1. The van der Waals surface area contributed by atoms with Crippen molar-refractivity contribution in [1.29, 1.82) is 0 Å². The number of ether oxygens (including phenoxy) is 2. The molecule has 1 atom stereocenters. The quantitative estimate of drug-likeness (QED) is 0.655. The molecule has 1 saturated heterocycles. The first kappa shape index (κ1) is 19.6. The molecule has 5 rings (SSSR count). The molecule has 1 N–H and O–H groups in total.